The summed E-state index contributed by atoms with van der Waals surface area (Å²) in [6.07, 6.45) is 3.24. The molecule has 0 saturated heterocycles. The zero-order valence-corrected chi connectivity index (χ0v) is 10.2. The molecule has 0 saturated carbocycles. The maximum atomic E-state index is 11.8. The van der Waals surface area contributed by atoms with Gasteiger partial charge in [0.2, 0.25) is 0 Å². The second-order valence-corrected chi connectivity index (χ2v) is 4.57. The summed E-state index contributed by atoms with van der Waals surface area (Å²) in [6.45, 7) is 0. The van der Waals surface area contributed by atoms with Gasteiger partial charge in [-0.2, -0.15) is 0 Å². The molecule has 18 heavy (non-hydrogen) atoms. The van der Waals surface area contributed by atoms with Crippen molar-refractivity contribution in [2.75, 3.05) is 0 Å². The van der Waals surface area contributed by atoms with Gasteiger partial charge in [-0.15, -0.1) is 11.3 Å². The second-order valence-electron chi connectivity index (χ2n) is 3.60. The van der Waals surface area contributed by atoms with E-state index >= 15 is 0 Å². The highest BCUT2D eigenvalue weighted by Crippen LogP contribution is 2.12. The molecule has 0 aliphatic carbocycles. The highest BCUT2D eigenvalue weighted by atomic mass is 32.1. The van der Waals surface area contributed by atoms with Crippen molar-refractivity contribution < 1.29 is 14.7 Å². The van der Waals surface area contributed by atoms with Crippen molar-refractivity contribution in [3.05, 3.63) is 63.9 Å². The van der Waals surface area contributed by atoms with Crippen LogP contribution in [0.1, 0.15) is 25.6 Å². The van der Waals surface area contributed by atoms with E-state index in [1.165, 1.54) is 30.3 Å². The fourth-order valence-electron chi connectivity index (χ4n) is 1.42. The average Bonchev–Trinajstić information content (AvgIpc) is 2.89. The van der Waals surface area contributed by atoms with Crippen LogP contribution in [0.15, 0.2) is 47.9 Å². The monoisotopic (exact) mass is 258 g/mol. The minimum atomic E-state index is -0.997. The Bertz CT molecular complexity index is 580. The number of carboxylic acids is 1. The summed E-state index contributed by atoms with van der Waals surface area (Å²) in [6, 6.07) is 9.72. The van der Waals surface area contributed by atoms with Crippen molar-refractivity contribution in [1.82, 2.24) is 0 Å². The van der Waals surface area contributed by atoms with Crippen LogP contribution in [0.2, 0.25) is 0 Å². The van der Waals surface area contributed by atoms with E-state index in [9.17, 15) is 9.59 Å². The Labute approximate surface area is 108 Å². The molecule has 0 amide bonds. The number of hydrogen-bond acceptors (Lipinski definition) is 3. The van der Waals surface area contributed by atoms with E-state index < -0.39 is 5.97 Å². The minimum absolute atomic E-state index is 0.139. The molecule has 1 N–H and O–H groups in total. The van der Waals surface area contributed by atoms with Crippen LogP contribution < -0.4 is 0 Å². The van der Waals surface area contributed by atoms with Crippen LogP contribution in [0.25, 0.3) is 6.08 Å². The summed E-state index contributed by atoms with van der Waals surface area (Å²) < 4.78 is 0. The molecule has 0 radical (unpaired) electrons. The first-order valence-electron chi connectivity index (χ1n) is 5.26. The van der Waals surface area contributed by atoms with E-state index in [1.807, 2.05) is 17.5 Å². The number of aromatic carboxylic acids is 1. The normalized spacial score (nSPS) is 10.7. The lowest BCUT2D eigenvalue weighted by molar-refractivity contribution is 0.0696. The minimum Gasteiger partial charge on any atom is -0.478 e. The maximum Gasteiger partial charge on any atom is 0.335 e. The van der Waals surface area contributed by atoms with E-state index in [-0.39, 0.29) is 11.3 Å². The van der Waals surface area contributed by atoms with Gasteiger partial charge in [-0.1, -0.05) is 18.2 Å². The third-order valence-electron chi connectivity index (χ3n) is 2.36. The third-order valence-corrected chi connectivity index (χ3v) is 3.20. The van der Waals surface area contributed by atoms with Gasteiger partial charge < -0.3 is 5.11 Å². The molecule has 1 heterocycles. The molecule has 1 aromatic carbocycles. The lowest BCUT2D eigenvalue weighted by Crippen LogP contribution is -1.98. The SMILES string of the molecule is O=C(O)c1ccc(C(=O)C=Cc2cccs2)cc1. The smallest absolute Gasteiger partial charge is 0.335 e. The van der Waals surface area contributed by atoms with Crippen LogP contribution in [-0.2, 0) is 0 Å². The van der Waals surface area contributed by atoms with Crippen molar-refractivity contribution >= 4 is 29.2 Å². The number of benzene rings is 1. The average molecular weight is 258 g/mol. The molecule has 2 rings (SSSR count). The number of hydrogen-bond donors (Lipinski definition) is 1. The van der Waals surface area contributed by atoms with Gasteiger partial charge >= 0.3 is 5.97 Å². The molecule has 1 aromatic heterocycles. The number of carboxylic acid groups (broad SMARTS) is 1. The molecule has 4 heteroatoms. The first kappa shape index (κ1) is 12.3. The van der Waals surface area contributed by atoms with Gasteiger partial charge in [-0.25, -0.2) is 4.79 Å². The summed E-state index contributed by atoms with van der Waals surface area (Å²) in [5, 5.41) is 10.7. The molecule has 0 unspecified atom stereocenters. The number of carbonyl (C=O) groups is 2. The van der Waals surface area contributed by atoms with Gasteiger partial charge in [0.05, 0.1) is 5.56 Å². The quantitative estimate of drug-likeness (QED) is 0.676. The molecule has 0 aliphatic rings. The second kappa shape index (κ2) is 5.42. The zero-order chi connectivity index (χ0) is 13.0. The number of allylic oxidation sites excluding steroid dienone is 1. The highest BCUT2D eigenvalue weighted by molar-refractivity contribution is 7.10. The Hall–Kier alpha value is -2.20. The Morgan fingerprint density at radius 3 is 2.28 bits per heavy atom. The molecule has 0 spiro atoms. The Morgan fingerprint density at radius 1 is 1.06 bits per heavy atom. The molecular formula is C14H10O3S. The summed E-state index contributed by atoms with van der Waals surface area (Å²) in [7, 11) is 0. The molecule has 0 fully saturated rings. The van der Waals surface area contributed by atoms with Crippen molar-refractivity contribution in [2.24, 2.45) is 0 Å². The summed E-state index contributed by atoms with van der Waals surface area (Å²) >= 11 is 1.55. The van der Waals surface area contributed by atoms with Crippen LogP contribution in [0.5, 0.6) is 0 Å². The van der Waals surface area contributed by atoms with Crippen LogP contribution in [0.4, 0.5) is 0 Å². The third kappa shape index (κ3) is 2.93. The molecule has 0 aliphatic heterocycles. The molecule has 90 valence electrons. The molecule has 0 atom stereocenters. The van der Waals surface area contributed by atoms with Crippen molar-refractivity contribution in [2.45, 2.75) is 0 Å². The van der Waals surface area contributed by atoms with Crippen molar-refractivity contribution in [3.63, 3.8) is 0 Å². The number of carbonyl (C=O) groups excluding carboxylic acids is 1. The first-order chi connectivity index (χ1) is 8.66. The van der Waals surface area contributed by atoms with Crippen LogP contribution in [0, 0.1) is 0 Å². The van der Waals surface area contributed by atoms with E-state index in [0.29, 0.717) is 5.56 Å². The van der Waals surface area contributed by atoms with Gasteiger partial charge in [0.1, 0.15) is 0 Å². The van der Waals surface area contributed by atoms with E-state index in [2.05, 4.69) is 0 Å². The van der Waals surface area contributed by atoms with Crippen LogP contribution >= 0.6 is 11.3 Å². The van der Waals surface area contributed by atoms with Gasteiger partial charge in [-0.3, -0.25) is 4.79 Å². The van der Waals surface area contributed by atoms with Gasteiger partial charge in [0, 0.05) is 10.4 Å². The highest BCUT2D eigenvalue weighted by Gasteiger charge is 2.05. The van der Waals surface area contributed by atoms with Gasteiger partial charge in [-0.05, 0) is 35.7 Å². The zero-order valence-electron chi connectivity index (χ0n) is 9.37. The van der Waals surface area contributed by atoms with E-state index in [4.69, 9.17) is 5.11 Å². The Balaban J connectivity index is 2.12. The predicted molar refractivity (Wildman–Crippen MR) is 71.1 cm³/mol. The lowest BCUT2D eigenvalue weighted by atomic mass is 10.1. The van der Waals surface area contributed by atoms with Gasteiger partial charge in [0.15, 0.2) is 5.78 Å². The Kier molecular flexibility index (Phi) is 3.69. The topological polar surface area (TPSA) is 54.4 Å². The maximum absolute atomic E-state index is 11.8. The fraction of sp³-hybridized carbons (Fsp3) is 0. The molecular weight excluding hydrogens is 248 g/mol. The summed E-state index contributed by atoms with van der Waals surface area (Å²) in [5.41, 5.74) is 0.654. The number of thiophene rings is 1. The van der Waals surface area contributed by atoms with E-state index in [1.54, 1.807) is 17.4 Å². The lowest BCUT2D eigenvalue weighted by Gasteiger charge is -1.97. The van der Waals surface area contributed by atoms with Gasteiger partial charge in [0.25, 0.3) is 0 Å². The Morgan fingerprint density at radius 2 is 1.72 bits per heavy atom. The fourth-order valence-corrected chi connectivity index (χ4v) is 2.04. The largest absolute Gasteiger partial charge is 0.478 e. The van der Waals surface area contributed by atoms with Crippen molar-refractivity contribution in [3.8, 4) is 0 Å². The summed E-state index contributed by atoms with van der Waals surface area (Å²) in [4.78, 5) is 23.5. The van der Waals surface area contributed by atoms with Crippen LogP contribution in [0.3, 0.4) is 0 Å². The van der Waals surface area contributed by atoms with E-state index in [0.717, 1.165) is 4.88 Å². The summed E-state index contributed by atoms with van der Waals surface area (Å²) in [5.74, 6) is -1.14. The molecule has 2 aromatic rings. The first-order valence-corrected chi connectivity index (χ1v) is 6.14. The number of rotatable bonds is 4. The van der Waals surface area contributed by atoms with Crippen molar-refractivity contribution in [1.29, 1.82) is 0 Å². The molecule has 0 bridgehead atoms. The standard InChI is InChI=1S/C14H10O3S/c15-13(8-7-12-2-1-9-18-12)10-3-5-11(6-4-10)14(16)17/h1-9H,(H,16,17). The predicted octanol–water partition coefficient (Wildman–Crippen LogP) is 3.34. The number of ketones is 1. The van der Waals surface area contributed by atoms with Crippen LogP contribution in [-0.4, -0.2) is 16.9 Å². The molecule has 3 nitrogen and oxygen atoms in total.